The lowest BCUT2D eigenvalue weighted by Gasteiger charge is -2.11. The molecule has 2 N–H and O–H groups in total. The van der Waals surface area contributed by atoms with Gasteiger partial charge in [0.1, 0.15) is 12.4 Å². The summed E-state index contributed by atoms with van der Waals surface area (Å²) in [5, 5.41) is 6.92. The molecule has 0 aromatic heterocycles. The third-order valence-corrected chi connectivity index (χ3v) is 3.79. The number of ether oxygens (including phenoxy) is 1. The van der Waals surface area contributed by atoms with Crippen LogP contribution in [0.25, 0.3) is 0 Å². The zero-order valence-electron chi connectivity index (χ0n) is 12.9. The summed E-state index contributed by atoms with van der Waals surface area (Å²) in [6, 6.07) is 14.7. The molecule has 1 aliphatic rings. The Labute approximate surface area is 138 Å². The fourth-order valence-corrected chi connectivity index (χ4v) is 2.73. The molecule has 4 heteroatoms. The number of nitrogens with one attached hydrogen (secondary N) is 2. The second-order valence-electron chi connectivity index (χ2n) is 5.47. The molecule has 2 aromatic rings. The van der Waals surface area contributed by atoms with Crippen LogP contribution >= 0.6 is 12.4 Å². The van der Waals surface area contributed by atoms with Crippen molar-refractivity contribution >= 4 is 18.1 Å². The van der Waals surface area contributed by atoms with Gasteiger partial charge < -0.3 is 15.4 Å². The predicted molar refractivity (Wildman–Crippen MR) is 94.3 cm³/mol. The van der Waals surface area contributed by atoms with Crippen LogP contribution in [0, 0.1) is 6.92 Å². The maximum absolute atomic E-state index is 5.74. The van der Waals surface area contributed by atoms with Gasteiger partial charge in [-0.05, 0) is 42.2 Å². The van der Waals surface area contributed by atoms with E-state index in [0.717, 1.165) is 31.8 Å². The number of anilines is 1. The van der Waals surface area contributed by atoms with E-state index in [1.807, 2.05) is 12.1 Å². The maximum Gasteiger partial charge on any atom is 0.119 e. The number of hydrogen-bond acceptors (Lipinski definition) is 3. The van der Waals surface area contributed by atoms with E-state index in [1.165, 1.54) is 22.4 Å². The predicted octanol–water partition coefficient (Wildman–Crippen LogP) is 3.55. The highest BCUT2D eigenvalue weighted by Crippen LogP contribution is 2.26. The van der Waals surface area contributed by atoms with Crippen molar-refractivity contribution in [3.8, 4) is 5.75 Å². The number of rotatable bonds is 6. The molecule has 0 aliphatic carbocycles. The highest BCUT2D eigenvalue weighted by atomic mass is 35.5. The summed E-state index contributed by atoms with van der Waals surface area (Å²) in [6.07, 6.45) is 1.14. The van der Waals surface area contributed by atoms with Crippen LogP contribution in [-0.2, 0) is 13.0 Å². The molecule has 1 aliphatic heterocycles. The van der Waals surface area contributed by atoms with E-state index >= 15 is 0 Å². The molecule has 3 rings (SSSR count). The van der Waals surface area contributed by atoms with Gasteiger partial charge in [-0.25, -0.2) is 0 Å². The first-order valence-corrected chi connectivity index (χ1v) is 7.58. The molecule has 0 saturated heterocycles. The Hall–Kier alpha value is -1.71. The molecule has 0 spiro atoms. The van der Waals surface area contributed by atoms with E-state index in [0.29, 0.717) is 6.61 Å². The van der Waals surface area contributed by atoms with Crippen molar-refractivity contribution in [1.29, 1.82) is 0 Å². The minimum absolute atomic E-state index is 0. The molecule has 2 aromatic carbocycles. The molecule has 3 nitrogen and oxygen atoms in total. The van der Waals surface area contributed by atoms with Gasteiger partial charge >= 0.3 is 0 Å². The van der Waals surface area contributed by atoms with Gasteiger partial charge in [0.05, 0.1) is 0 Å². The summed E-state index contributed by atoms with van der Waals surface area (Å²) < 4.78 is 5.74. The summed E-state index contributed by atoms with van der Waals surface area (Å²) in [4.78, 5) is 0. The third kappa shape index (κ3) is 4.15. The Balaban J connectivity index is 0.00000176. The molecule has 22 heavy (non-hydrogen) atoms. The van der Waals surface area contributed by atoms with Crippen molar-refractivity contribution in [2.45, 2.75) is 19.9 Å². The fraction of sp³-hybridized carbons (Fsp3) is 0.333. The molecule has 0 atom stereocenters. The summed E-state index contributed by atoms with van der Waals surface area (Å²) in [5.74, 6) is 0.944. The first kappa shape index (κ1) is 16.7. The standard InChI is InChI=1S/C18H22N2O.ClH/c1-14-4-2-7-17(12-14)21-11-10-19-13-16-6-3-5-15-8-9-20-18(15)16;/h2-7,12,19-20H,8-11,13H2,1H3;1H. The average Bonchev–Trinajstić information content (AvgIpc) is 2.96. The van der Waals surface area contributed by atoms with Crippen molar-refractivity contribution in [3.05, 3.63) is 59.2 Å². The molecule has 118 valence electrons. The second-order valence-corrected chi connectivity index (χ2v) is 5.47. The van der Waals surface area contributed by atoms with Crippen LogP contribution in [0.3, 0.4) is 0 Å². The average molecular weight is 319 g/mol. The van der Waals surface area contributed by atoms with Gasteiger partial charge in [0, 0.05) is 25.3 Å². The smallest absolute Gasteiger partial charge is 0.119 e. The molecule has 0 unspecified atom stereocenters. The van der Waals surface area contributed by atoms with Crippen molar-refractivity contribution in [2.75, 3.05) is 25.0 Å². The van der Waals surface area contributed by atoms with E-state index in [2.05, 4.69) is 47.9 Å². The van der Waals surface area contributed by atoms with Crippen molar-refractivity contribution in [3.63, 3.8) is 0 Å². The van der Waals surface area contributed by atoms with Crippen LogP contribution in [-0.4, -0.2) is 19.7 Å². The van der Waals surface area contributed by atoms with E-state index in [-0.39, 0.29) is 12.4 Å². The zero-order valence-corrected chi connectivity index (χ0v) is 13.7. The summed E-state index contributed by atoms with van der Waals surface area (Å²) in [7, 11) is 0. The quantitative estimate of drug-likeness (QED) is 0.799. The lowest BCUT2D eigenvalue weighted by atomic mass is 10.1. The van der Waals surface area contributed by atoms with Gasteiger partial charge in [0.2, 0.25) is 0 Å². The maximum atomic E-state index is 5.74. The lowest BCUT2D eigenvalue weighted by molar-refractivity contribution is 0.313. The first-order valence-electron chi connectivity index (χ1n) is 7.58. The topological polar surface area (TPSA) is 33.3 Å². The van der Waals surface area contributed by atoms with Crippen molar-refractivity contribution < 1.29 is 4.74 Å². The number of aryl methyl sites for hydroxylation is 1. The molecular weight excluding hydrogens is 296 g/mol. The summed E-state index contributed by atoms with van der Waals surface area (Å²) >= 11 is 0. The van der Waals surface area contributed by atoms with E-state index in [9.17, 15) is 0 Å². The van der Waals surface area contributed by atoms with Crippen LogP contribution in [0.2, 0.25) is 0 Å². The SMILES string of the molecule is Cc1cccc(OCCNCc2cccc3c2NCC3)c1.Cl. The summed E-state index contributed by atoms with van der Waals surface area (Å²) in [6.45, 7) is 5.55. The Morgan fingerprint density at radius 1 is 1.18 bits per heavy atom. The van der Waals surface area contributed by atoms with Crippen LogP contribution in [0.4, 0.5) is 5.69 Å². The van der Waals surface area contributed by atoms with Gasteiger partial charge in [0.25, 0.3) is 0 Å². The Kier molecular flexibility index (Phi) is 6.10. The molecule has 0 amide bonds. The monoisotopic (exact) mass is 318 g/mol. The second kappa shape index (κ2) is 8.06. The normalized spacial score (nSPS) is 12.2. The number of para-hydroxylation sites is 1. The van der Waals surface area contributed by atoms with Gasteiger partial charge in [-0.3, -0.25) is 0 Å². The molecule has 0 radical (unpaired) electrons. The largest absolute Gasteiger partial charge is 0.492 e. The van der Waals surface area contributed by atoms with Crippen LogP contribution in [0.15, 0.2) is 42.5 Å². The van der Waals surface area contributed by atoms with Crippen molar-refractivity contribution in [1.82, 2.24) is 5.32 Å². The molecule has 1 heterocycles. The Bertz CT molecular complexity index is 616. The van der Waals surface area contributed by atoms with E-state index in [1.54, 1.807) is 0 Å². The van der Waals surface area contributed by atoms with E-state index < -0.39 is 0 Å². The van der Waals surface area contributed by atoms with E-state index in [4.69, 9.17) is 4.74 Å². The minimum atomic E-state index is 0. The molecular formula is C18H23ClN2O. The highest BCUT2D eigenvalue weighted by Gasteiger charge is 2.12. The van der Waals surface area contributed by atoms with Crippen LogP contribution < -0.4 is 15.4 Å². The lowest BCUT2D eigenvalue weighted by Crippen LogP contribution is -2.21. The van der Waals surface area contributed by atoms with Gasteiger partial charge in [0.15, 0.2) is 0 Å². The first-order chi connectivity index (χ1) is 10.3. The Morgan fingerprint density at radius 3 is 2.91 bits per heavy atom. The molecule has 0 saturated carbocycles. The summed E-state index contributed by atoms with van der Waals surface area (Å²) in [5.41, 5.74) is 5.34. The van der Waals surface area contributed by atoms with Crippen LogP contribution in [0.1, 0.15) is 16.7 Å². The fourth-order valence-electron chi connectivity index (χ4n) is 2.73. The third-order valence-electron chi connectivity index (χ3n) is 3.79. The minimum Gasteiger partial charge on any atom is -0.492 e. The number of halogens is 1. The van der Waals surface area contributed by atoms with Gasteiger partial charge in [-0.1, -0.05) is 30.3 Å². The number of fused-ring (bicyclic) bond motifs is 1. The molecule has 0 fully saturated rings. The number of benzene rings is 2. The molecule has 0 bridgehead atoms. The number of hydrogen-bond donors (Lipinski definition) is 2. The highest BCUT2D eigenvalue weighted by molar-refractivity contribution is 5.85. The Morgan fingerprint density at radius 2 is 2.05 bits per heavy atom. The zero-order chi connectivity index (χ0) is 14.5. The van der Waals surface area contributed by atoms with Crippen LogP contribution in [0.5, 0.6) is 5.75 Å². The van der Waals surface area contributed by atoms with Crippen molar-refractivity contribution in [2.24, 2.45) is 0 Å². The van der Waals surface area contributed by atoms with Gasteiger partial charge in [-0.15, -0.1) is 12.4 Å². The van der Waals surface area contributed by atoms with Gasteiger partial charge in [-0.2, -0.15) is 0 Å².